The average Bonchev–Trinajstić information content (AvgIpc) is 3.67. The monoisotopic (exact) mass is 656 g/mol. The first-order chi connectivity index (χ1) is 20.1. The zero-order chi connectivity index (χ0) is 29.9. The van der Waals surface area contributed by atoms with Crippen LogP contribution in [0.1, 0.15) is 131 Å². The van der Waals surface area contributed by atoms with E-state index in [1.54, 1.807) is 0 Å². The number of benzene rings is 2. The quantitative estimate of drug-likeness (QED) is 0.222. The highest BCUT2D eigenvalue weighted by Crippen LogP contribution is 2.46. The van der Waals surface area contributed by atoms with Crippen molar-refractivity contribution in [2.75, 3.05) is 0 Å². The molecule has 4 aliphatic carbocycles. The minimum atomic E-state index is -3.68. The van der Waals surface area contributed by atoms with Gasteiger partial charge in [0, 0.05) is 6.07 Å². The number of alkyl halides is 3. The molecule has 0 heterocycles. The van der Waals surface area contributed by atoms with Crippen LogP contribution in [0.15, 0.2) is 30.3 Å². The van der Waals surface area contributed by atoms with Crippen molar-refractivity contribution >= 4 is 15.9 Å². The molecule has 0 N–H and O–H groups in total. The fourth-order valence-electron chi connectivity index (χ4n) is 8.62. The van der Waals surface area contributed by atoms with Gasteiger partial charge in [0.1, 0.15) is 28.8 Å². The predicted octanol–water partition coefficient (Wildman–Crippen LogP) is 12.3. The molecule has 4 saturated carbocycles. The maximum Gasteiger partial charge on any atom is 0.332 e. The molecule has 42 heavy (non-hydrogen) atoms. The lowest BCUT2D eigenvalue weighted by molar-refractivity contribution is 0.105. The molecule has 0 bridgehead atoms. The van der Waals surface area contributed by atoms with Gasteiger partial charge < -0.3 is 0 Å². The van der Waals surface area contributed by atoms with Crippen molar-refractivity contribution in [3.05, 3.63) is 70.3 Å². The van der Waals surface area contributed by atoms with E-state index in [0.29, 0.717) is 11.5 Å². The van der Waals surface area contributed by atoms with Gasteiger partial charge in [-0.2, -0.15) is 8.78 Å². The summed E-state index contributed by atoms with van der Waals surface area (Å²) in [5.41, 5.74) is 0.189. The summed E-state index contributed by atoms with van der Waals surface area (Å²) in [6.07, 6.45) is 19.5. The van der Waals surface area contributed by atoms with E-state index in [9.17, 15) is 26.3 Å². The highest BCUT2D eigenvalue weighted by molar-refractivity contribution is 9.09. The van der Waals surface area contributed by atoms with Crippen LogP contribution >= 0.6 is 15.9 Å². The summed E-state index contributed by atoms with van der Waals surface area (Å²) in [5.74, 6) is 0.591. The lowest BCUT2D eigenvalue weighted by Gasteiger charge is -2.32. The summed E-state index contributed by atoms with van der Waals surface area (Å²) in [4.78, 5) is -3.68. The van der Waals surface area contributed by atoms with Crippen LogP contribution in [0.4, 0.5) is 26.3 Å². The first kappa shape index (κ1) is 31.9. The number of hydrogen-bond acceptors (Lipinski definition) is 0. The fourth-order valence-corrected chi connectivity index (χ4v) is 8.99. The lowest BCUT2D eigenvalue weighted by Crippen LogP contribution is -2.20. The smallest absolute Gasteiger partial charge is 0.207 e. The molecule has 4 fully saturated rings. The molecule has 4 aliphatic rings. The van der Waals surface area contributed by atoms with Gasteiger partial charge in [-0.25, -0.2) is 17.6 Å². The highest BCUT2D eigenvalue weighted by atomic mass is 79.9. The van der Waals surface area contributed by atoms with Crippen LogP contribution in [-0.2, 0) is 4.83 Å². The summed E-state index contributed by atoms with van der Waals surface area (Å²) in [5, 5.41) is 0. The van der Waals surface area contributed by atoms with Crippen LogP contribution in [0.25, 0.3) is 0 Å². The van der Waals surface area contributed by atoms with E-state index in [1.807, 2.05) is 15.9 Å². The van der Waals surface area contributed by atoms with Gasteiger partial charge >= 0.3 is 4.83 Å². The summed E-state index contributed by atoms with van der Waals surface area (Å²) in [7, 11) is 0. The zero-order valence-corrected chi connectivity index (χ0v) is 25.9. The number of halogens is 7. The minimum Gasteiger partial charge on any atom is -0.207 e. The highest BCUT2D eigenvalue weighted by Gasteiger charge is 2.36. The molecule has 0 atom stereocenters. The lowest BCUT2D eigenvalue weighted by atomic mass is 9.73. The molecule has 232 valence electrons. The van der Waals surface area contributed by atoms with Crippen molar-refractivity contribution < 1.29 is 26.3 Å². The van der Waals surface area contributed by atoms with Crippen molar-refractivity contribution in [2.45, 2.75) is 119 Å². The number of rotatable bonds is 5. The van der Waals surface area contributed by atoms with Gasteiger partial charge in [0.05, 0.1) is 0 Å². The molecule has 0 amide bonds. The second-order valence-corrected chi connectivity index (χ2v) is 14.4. The van der Waals surface area contributed by atoms with Gasteiger partial charge in [-0.05, 0) is 138 Å². The maximum absolute atomic E-state index is 13.9. The third kappa shape index (κ3) is 7.95. The Morgan fingerprint density at radius 1 is 0.476 bits per heavy atom. The summed E-state index contributed by atoms with van der Waals surface area (Å²) < 4.78 is 80.8. The van der Waals surface area contributed by atoms with Crippen LogP contribution < -0.4 is 0 Å². The normalized spacial score (nSPS) is 27.6. The van der Waals surface area contributed by atoms with Gasteiger partial charge in [-0.1, -0.05) is 51.4 Å². The van der Waals surface area contributed by atoms with E-state index < -0.39 is 33.7 Å². The van der Waals surface area contributed by atoms with E-state index in [4.69, 9.17) is 0 Å². The van der Waals surface area contributed by atoms with E-state index in [1.165, 1.54) is 76.3 Å². The number of hydrogen-bond donors (Lipinski definition) is 0. The third-order valence-electron chi connectivity index (χ3n) is 10.9. The molecule has 0 radical (unpaired) electrons. The molecule has 7 heteroatoms. The Labute approximate surface area is 255 Å². The molecule has 2 aromatic rings. The first-order valence-corrected chi connectivity index (χ1v) is 16.9. The molecule has 0 aromatic heterocycles. The van der Waals surface area contributed by atoms with Gasteiger partial charge in [-0.15, -0.1) is 0 Å². The van der Waals surface area contributed by atoms with E-state index in [0.717, 1.165) is 86.0 Å². The van der Waals surface area contributed by atoms with Gasteiger partial charge in [0.15, 0.2) is 0 Å². The minimum absolute atomic E-state index is 0.0784. The Morgan fingerprint density at radius 2 is 0.810 bits per heavy atom. The van der Waals surface area contributed by atoms with E-state index in [-0.39, 0.29) is 5.92 Å². The van der Waals surface area contributed by atoms with Crippen LogP contribution in [0, 0.1) is 46.9 Å². The largest absolute Gasteiger partial charge is 0.332 e. The Kier molecular flexibility index (Phi) is 10.7. The SMILES string of the molecule is Fc1cc(C2CCC(C3CCCC3)CC2)cc(F)c1C(F)(F)Br.Fc1cc(F)cc(C2CCC(C3CCCC3)CC2)c1. The molecule has 0 aliphatic heterocycles. The summed E-state index contributed by atoms with van der Waals surface area (Å²) in [6.45, 7) is 0. The van der Waals surface area contributed by atoms with Crippen molar-refractivity contribution in [1.82, 2.24) is 0 Å². The van der Waals surface area contributed by atoms with Crippen LogP contribution in [-0.4, -0.2) is 0 Å². The first-order valence-electron chi connectivity index (χ1n) is 16.1. The van der Waals surface area contributed by atoms with Crippen molar-refractivity contribution in [3.63, 3.8) is 0 Å². The van der Waals surface area contributed by atoms with Crippen molar-refractivity contribution in [2.24, 2.45) is 23.7 Å². The second kappa shape index (κ2) is 14.1. The average molecular weight is 658 g/mol. The van der Waals surface area contributed by atoms with E-state index in [2.05, 4.69) is 0 Å². The van der Waals surface area contributed by atoms with Crippen LogP contribution in [0.5, 0.6) is 0 Å². The maximum atomic E-state index is 13.9. The van der Waals surface area contributed by atoms with Crippen LogP contribution in [0.3, 0.4) is 0 Å². The molecule has 0 unspecified atom stereocenters. The molecule has 6 rings (SSSR count). The predicted molar refractivity (Wildman–Crippen MR) is 159 cm³/mol. The van der Waals surface area contributed by atoms with Crippen LogP contribution in [0.2, 0.25) is 0 Å². The Morgan fingerprint density at radius 3 is 1.17 bits per heavy atom. The Bertz CT molecular complexity index is 1120. The Balaban J connectivity index is 0.000000171. The fraction of sp³-hybridized carbons (Fsp3) is 0.657. The third-order valence-corrected chi connectivity index (χ3v) is 11.2. The molecular weight excluding hydrogens is 614 g/mol. The summed E-state index contributed by atoms with van der Waals surface area (Å²) >= 11 is 2.04. The van der Waals surface area contributed by atoms with Gasteiger partial charge in [0.25, 0.3) is 0 Å². The standard InChI is InChI=1S/C18H21BrF4.C17H22F2/c19-18(22,23)17-15(20)9-14(10-16(17)21)13-7-5-12(6-8-13)11-3-1-2-4-11;18-16-9-15(10-17(19)11-16)14-7-5-13(6-8-14)12-3-1-2-4-12/h9-13H,1-8H2;9-14H,1-8H2. The molecule has 0 saturated heterocycles. The van der Waals surface area contributed by atoms with Crippen molar-refractivity contribution in [3.8, 4) is 0 Å². The molecular formula is C35H43BrF6. The van der Waals surface area contributed by atoms with Gasteiger partial charge in [-0.3, -0.25) is 0 Å². The topological polar surface area (TPSA) is 0 Å². The van der Waals surface area contributed by atoms with Crippen molar-refractivity contribution in [1.29, 1.82) is 0 Å². The second-order valence-electron chi connectivity index (χ2n) is 13.4. The molecule has 0 nitrogen and oxygen atoms in total. The Hall–Kier alpha value is -1.50. The van der Waals surface area contributed by atoms with Gasteiger partial charge in [0.2, 0.25) is 0 Å². The zero-order valence-electron chi connectivity index (χ0n) is 24.3. The van der Waals surface area contributed by atoms with E-state index >= 15 is 0 Å². The summed E-state index contributed by atoms with van der Waals surface area (Å²) in [6, 6.07) is 6.18. The molecule has 0 spiro atoms. The molecule has 2 aromatic carbocycles.